The molecule has 2 nitrogen and oxygen atoms in total. The molecule has 3 heteroatoms. The molecule has 0 rings (SSSR count). The summed E-state index contributed by atoms with van der Waals surface area (Å²) in [4.78, 5) is 9.60. The van der Waals surface area contributed by atoms with Crippen molar-refractivity contribution in [3.63, 3.8) is 0 Å². The average molecular weight is 163 g/mol. The van der Waals surface area contributed by atoms with Gasteiger partial charge < -0.3 is 5.11 Å². The fourth-order valence-electron chi connectivity index (χ4n) is 0. The van der Waals surface area contributed by atoms with Gasteiger partial charge in [0.1, 0.15) is 0 Å². The van der Waals surface area contributed by atoms with Gasteiger partial charge in [-0.25, -0.2) is 4.79 Å². The molecule has 0 unspecified atom stereocenters. The molecule has 7 heavy (non-hydrogen) atoms. The Hall–Kier alpha value is -0.247. The summed E-state index contributed by atoms with van der Waals surface area (Å²) in [7, 11) is 0. The van der Waals surface area contributed by atoms with Crippen LogP contribution in [0.1, 0.15) is 6.92 Å². The van der Waals surface area contributed by atoms with E-state index in [0.717, 1.165) is 0 Å². The molecule has 0 aromatic rings. The molecule has 0 fully saturated rings. The number of aliphatic carboxylic acids is 1. The third kappa shape index (κ3) is 5.75. The van der Waals surface area contributed by atoms with E-state index in [-0.39, 0.29) is 23.2 Å². The Morgan fingerprint density at radius 2 is 1.86 bits per heavy atom. The first-order valence-electron chi connectivity index (χ1n) is 1.53. The minimum absolute atomic E-state index is 0. The van der Waals surface area contributed by atoms with Gasteiger partial charge in [0.25, 0.3) is 0 Å². The van der Waals surface area contributed by atoms with Gasteiger partial charge in [0.15, 0.2) is 0 Å². The normalized spacial score (nSPS) is 6.43. The second-order valence-electron chi connectivity index (χ2n) is 1.09. The fourth-order valence-corrected chi connectivity index (χ4v) is 0. The molecular weight excluding hydrogens is 153 g/mol. The Kier molecular flexibility index (Phi) is 5.55. The van der Waals surface area contributed by atoms with Crippen molar-refractivity contribution in [1.29, 1.82) is 0 Å². The molecule has 0 saturated heterocycles. The van der Waals surface area contributed by atoms with E-state index in [4.69, 9.17) is 5.11 Å². The van der Waals surface area contributed by atoms with E-state index >= 15 is 0 Å². The van der Waals surface area contributed by atoms with Gasteiger partial charge >= 0.3 is 23.6 Å². The Labute approximate surface area is 53.2 Å². The summed E-state index contributed by atoms with van der Waals surface area (Å²) in [6.07, 6.45) is 0. The molecule has 0 saturated carbocycles. The molecule has 0 aliphatic heterocycles. The average Bonchev–Trinajstić information content (AvgIpc) is 1.36. The Morgan fingerprint density at radius 1 is 1.71 bits per heavy atom. The van der Waals surface area contributed by atoms with E-state index in [1.54, 1.807) is 0 Å². The molecule has 0 amide bonds. The second-order valence-corrected chi connectivity index (χ2v) is 1.09. The summed E-state index contributed by atoms with van der Waals surface area (Å²) in [6, 6.07) is 0. The summed E-state index contributed by atoms with van der Waals surface area (Å²) in [5, 5.41) is 7.89. The monoisotopic (exact) mass is 164 g/mol. The van der Waals surface area contributed by atoms with Crippen LogP contribution in [0.2, 0.25) is 0 Å². The molecule has 0 aromatic carbocycles. The van der Waals surface area contributed by atoms with E-state index < -0.39 is 5.97 Å². The van der Waals surface area contributed by atoms with E-state index in [1.807, 2.05) is 0 Å². The van der Waals surface area contributed by atoms with Crippen molar-refractivity contribution in [2.24, 2.45) is 0 Å². The van der Waals surface area contributed by atoms with Gasteiger partial charge in [-0.15, -0.1) is 0 Å². The van der Waals surface area contributed by atoms with Crippen molar-refractivity contribution >= 4 is 23.6 Å². The quantitative estimate of drug-likeness (QED) is 0.405. The van der Waals surface area contributed by atoms with Crippen molar-refractivity contribution in [2.75, 3.05) is 0 Å². The van der Waals surface area contributed by atoms with Gasteiger partial charge in [0.2, 0.25) is 0 Å². The van der Waals surface area contributed by atoms with E-state index in [0.29, 0.717) is 0 Å². The molecule has 42 valence electrons. The first-order chi connectivity index (χ1) is 2.64. The second kappa shape index (κ2) is 3.93. The van der Waals surface area contributed by atoms with E-state index in [1.165, 1.54) is 6.92 Å². The summed E-state index contributed by atoms with van der Waals surface area (Å²) < 4.78 is 0. The minimum atomic E-state index is -0.935. The Balaban J connectivity index is 0. The number of carbonyl (C=O) groups is 1. The van der Waals surface area contributed by atoms with Gasteiger partial charge in [-0.2, -0.15) is 0 Å². The number of rotatable bonds is 1. The molecule has 0 heterocycles. The van der Waals surface area contributed by atoms with Crippen LogP contribution in [-0.4, -0.2) is 28.7 Å². The maximum atomic E-state index is 9.60. The molecule has 0 bridgehead atoms. The molecule has 0 aromatic heterocycles. The van der Waals surface area contributed by atoms with Gasteiger partial charge in [-0.05, 0) is 6.92 Å². The molecule has 0 atom stereocenters. The summed E-state index contributed by atoms with van der Waals surface area (Å²) in [5.74, 6) is -0.935. The number of carboxylic acids is 1. The van der Waals surface area contributed by atoms with Crippen LogP contribution >= 0.6 is 0 Å². The van der Waals surface area contributed by atoms with Crippen LogP contribution in [0.5, 0.6) is 0 Å². The van der Waals surface area contributed by atoms with E-state index in [2.05, 4.69) is 6.58 Å². The zero-order valence-electron chi connectivity index (χ0n) is 3.56. The molecule has 0 aliphatic carbocycles. The van der Waals surface area contributed by atoms with Crippen LogP contribution in [0.4, 0.5) is 0 Å². The van der Waals surface area contributed by atoms with E-state index in [9.17, 15) is 4.79 Å². The van der Waals surface area contributed by atoms with Crippen molar-refractivity contribution in [2.45, 2.75) is 6.92 Å². The SMILES string of the molecule is C=C(C)C(=O)O.[GeH4]. The first-order valence-corrected chi connectivity index (χ1v) is 1.53. The van der Waals surface area contributed by atoms with Crippen LogP contribution < -0.4 is 0 Å². The predicted octanol–water partition coefficient (Wildman–Crippen LogP) is -0.804. The van der Waals surface area contributed by atoms with Crippen molar-refractivity contribution < 1.29 is 9.90 Å². The van der Waals surface area contributed by atoms with Gasteiger partial charge in [0.05, 0.1) is 0 Å². The standard InChI is InChI=1S/C4H6O2.GeH4/c1-3(2)4(5)6;/h1H2,2H3,(H,5,6);1H4. The Bertz CT molecular complexity index is 75.7. The van der Waals surface area contributed by atoms with Crippen LogP contribution in [0, 0.1) is 0 Å². The summed E-state index contributed by atoms with van der Waals surface area (Å²) in [6.45, 7) is 4.60. The number of hydrogen-bond acceptors (Lipinski definition) is 1. The maximum absolute atomic E-state index is 9.60. The molecule has 0 aliphatic rings. The van der Waals surface area contributed by atoms with Crippen molar-refractivity contribution in [1.82, 2.24) is 0 Å². The zero-order valence-corrected chi connectivity index (χ0v) is 3.56. The Morgan fingerprint density at radius 3 is 1.86 bits per heavy atom. The predicted molar refractivity (Wildman–Crippen MR) is 33.8 cm³/mol. The van der Waals surface area contributed by atoms with Crippen molar-refractivity contribution in [3.8, 4) is 0 Å². The van der Waals surface area contributed by atoms with Gasteiger partial charge in [-0.3, -0.25) is 0 Å². The topological polar surface area (TPSA) is 37.3 Å². The molecular formula is C4H10GeO2. The zero-order chi connectivity index (χ0) is 5.15. The van der Waals surface area contributed by atoms with Crippen LogP contribution in [0.15, 0.2) is 12.2 Å². The molecule has 1 N–H and O–H groups in total. The molecule has 0 spiro atoms. The van der Waals surface area contributed by atoms with Crippen LogP contribution in [0.3, 0.4) is 0 Å². The summed E-state index contributed by atoms with van der Waals surface area (Å²) >= 11 is 0. The molecule has 0 radical (unpaired) electrons. The van der Waals surface area contributed by atoms with Gasteiger partial charge in [-0.1, -0.05) is 6.58 Å². The van der Waals surface area contributed by atoms with Crippen LogP contribution in [0.25, 0.3) is 0 Å². The fraction of sp³-hybridized carbons (Fsp3) is 0.250. The number of hydrogen-bond donors (Lipinski definition) is 1. The first kappa shape index (κ1) is 9.89. The van der Waals surface area contributed by atoms with Gasteiger partial charge in [0, 0.05) is 5.57 Å². The van der Waals surface area contributed by atoms with Crippen LogP contribution in [-0.2, 0) is 4.79 Å². The summed E-state index contributed by atoms with van der Waals surface area (Å²) in [5.41, 5.74) is 0.176. The van der Waals surface area contributed by atoms with Crippen molar-refractivity contribution in [3.05, 3.63) is 12.2 Å². The number of carboxylic acid groups (broad SMARTS) is 1. The third-order valence-electron chi connectivity index (χ3n) is 0.365. The third-order valence-corrected chi connectivity index (χ3v) is 0.365.